The third kappa shape index (κ3) is 7.41. The van der Waals surface area contributed by atoms with Gasteiger partial charge in [0.2, 0.25) is 0 Å². The molecule has 0 rings (SSSR count). The molecule has 9 heavy (non-hydrogen) atoms. The van der Waals surface area contributed by atoms with Crippen LogP contribution in [-0.4, -0.2) is 6.29 Å². The summed E-state index contributed by atoms with van der Waals surface area (Å²) >= 11 is 0. The van der Waals surface area contributed by atoms with E-state index in [2.05, 4.69) is 6.92 Å². The first-order valence-corrected chi connectivity index (χ1v) is 3.52. The van der Waals surface area contributed by atoms with Crippen molar-refractivity contribution < 1.29 is 4.79 Å². The Hall–Kier alpha value is -0.590. The number of unbranched alkanes of at least 4 members (excludes halogenated alkanes) is 3. The van der Waals surface area contributed by atoms with E-state index in [0.29, 0.717) is 0 Å². The molecule has 0 aliphatic heterocycles. The minimum absolute atomic E-state index is 0.825. The molecule has 52 valence electrons. The lowest BCUT2D eigenvalue weighted by atomic mass is 10.2. The van der Waals surface area contributed by atoms with Crippen LogP contribution in [0.2, 0.25) is 0 Å². The van der Waals surface area contributed by atoms with Crippen LogP contribution in [0.3, 0.4) is 0 Å². The third-order valence-corrected chi connectivity index (χ3v) is 1.19. The predicted molar refractivity (Wildman–Crippen MR) is 39.3 cm³/mol. The Labute approximate surface area is 56.8 Å². The van der Waals surface area contributed by atoms with Crippen molar-refractivity contribution in [3.05, 3.63) is 12.2 Å². The summed E-state index contributed by atoms with van der Waals surface area (Å²) in [4.78, 5) is 9.75. The lowest BCUT2D eigenvalue weighted by Gasteiger charge is -1.88. The maximum Gasteiger partial charge on any atom is 0.142 e. The first-order valence-electron chi connectivity index (χ1n) is 3.52. The van der Waals surface area contributed by atoms with E-state index in [1.807, 2.05) is 6.08 Å². The fourth-order valence-corrected chi connectivity index (χ4v) is 0.664. The Morgan fingerprint density at radius 1 is 1.33 bits per heavy atom. The van der Waals surface area contributed by atoms with Crippen molar-refractivity contribution in [2.24, 2.45) is 0 Å². The molecule has 0 saturated heterocycles. The first kappa shape index (κ1) is 8.41. The summed E-state index contributed by atoms with van der Waals surface area (Å²) in [5, 5.41) is 0. The molecule has 0 bridgehead atoms. The van der Waals surface area contributed by atoms with Crippen LogP contribution in [0.5, 0.6) is 0 Å². The van der Waals surface area contributed by atoms with Gasteiger partial charge in [0.1, 0.15) is 6.29 Å². The Balaban J connectivity index is 2.90. The molecule has 0 spiro atoms. The van der Waals surface area contributed by atoms with Gasteiger partial charge < -0.3 is 0 Å². The zero-order chi connectivity index (χ0) is 6.95. The third-order valence-electron chi connectivity index (χ3n) is 1.19. The number of carbonyl (C=O) groups is 1. The summed E-state index contributed by atoms with van der Waals surface area (Å²) in [5.41, 5.74) is 0. The van der Waals surface area contributed by atoms with Gasteiger partial charge >= 0.3 is 0 Å². The average molecular weight is 126 g/mol. The zero-order valence-corrected chi connectivity index (χ0v) is 5.97. The van der Waals surface area contributed by atoms with Crippen molar-refractivity contribution in [3.63, 3.8) is 0 Å². The maximum atomic E-state index is 9.75. The monoisotopic (exact) mass is 126 g/mol. The minimum atomic E-state index is 0.825. The number of hydrogen-bond donors (Lipinski definition) is 0. The van der Waals surface area contributed by atoms with Gasteiger partial charge in [0.25, 0.3) is 0 Å². The summed E-state index contributed by atoms with van der Waals surface area (Å²) in [7, 11) is 0. The fraction of sp³-hybridized carbons (Fsp3) is 0.625. The molecule has 0 amide bonds. The lowest BCUT2D eigenvalue weighted by Crippen LogP contribution is -1.70. The number of rotatable bonds is 5. The van der Waals surface area contributed by atoms with Gasteiger partial charge in [0, 0.05) is 0 Å². The molecule has 0 unspecified atom stereocenters. The Morgan fingerprint density at radius 2 is 2.11 bits per heavy atom. The van der Waals surface area contributed by atoms with Crippen molar-refractivity contribution in [3.8, 4) is 0 Å². The van der Waals surface area contributed by atoms with Crippen LogP contribution in [0.15, 0.2) is 12.2 Å². The number of hydrogen-bond acceptors (Lipinski definition) is 1. The molecular weight excluding hydrogens is 112 g/mol. The quantitative estimate of drug-likeness (QED) is 0.314. The number of allylic oxidation sites excluding steroid dienone is 2. The molecule has 0 aliphatic carbocycles. The summed E-state index contributed by atoms with van der Waals surface area (Å²) in [5.74, 6) is 0. The maximum absolute atomic E-state index is 9.75. The van der Waals surface area contributed by atoms with E-state index in [4.69, 9.17) is 0 Å². The molecule has 0 aromatic rings. The summed E-state index contributed by atoms with van der Waals surface area (Å²) in [6, 6.07) is 0. The highest BCUT2D eigenvalue weighted by molar-refractivity contribution is 5.64. The fourth-order valence-electron chi connectivity index (χ4n) is 0.664. The molecule has 0 N–H and O–H groups in total. The standard InChI is InChI=1S/C8H14O/c1-2-3-4-5-6-7-8-9/h6-8H,2-5H2,1H3/b7-6+. The average Bonchev–Trinajstić information content (AvgIpc) is 1.89. The summed E-state index contributed by atoms with van der Waals surface area (Å²) in [6.07, 6.45) is 9.08. The van der Waals surface area contributed by atoms with Crippen molar-refractivity contribution in [1.82, 2.24) is 0 Å². The van der Waals surface area contributed by atoms with Gasteiger partial charge in [0.05, 0.1) is 0 Å². The van der Waals surface area contributed by atoms with Gasteiger partial charge in [-0.3, -0.25) is 4.79 Å². The van der Waals surface area contributed by atoms with Crippen LogP contribution in [0, 0.1) is 0 Å². The molecule has 0 aliphatic rings. The molecule has 1 nitrogen and oxygen atoms in total. The molecular formula is C8H14O. The number of carbonyl (C=O) groups excluding carboxylic acids is 1. The van der Waals surface area contributed by atoms with Crippen molar-refractivity contribution in [2.75, 3.05) is 0 Å². The normalized spacial score (nSPS) is 10.3. The van der Waals surface area contributed by atoms with Gasteiger partial charge in [-0.2, -0.15) is 0 Å². The van der Waals surface area contributed by atoms with E-state index in [1.165, 1.54) is 19.3 Å². The topological polar surface area (TPSA) is 17.1 Å². The zero-order valence-electron chi connectivity index (χ0n) is 5.97. The highest BCUT2D eigenvalue weighted by atomic mass is 16.1. The van der Waals surface area contributed by atoms with Gasteiger partial charge in [0.15, 0.2) is 0 Å². The molecule has 0 saturated carbocycles. The second kappa shape index (κ2) is 7.41. The van der Waals surface area contributed by atoms with Crippen molar-refractivity contribution >= 4 is 6.29 Å². The van der Waals surface area contributed by atoms with E-state index in [0.717, 1.165) is 12.7 Å². The largest absolute Gasteiger partial charge is 0.299 e. The van der Waals surface area contributed by atoms with Crippen LogP contribution in [0.4, 0.5) is 0 Å². The van der Waals surface area contributed by atoms with E-state index in [-0.39, 0.29) is 0 Å². The molecule has 1 heteroatoms. The molecule has 0 atom stereocenters. The van der Waals surface area contributed by atoms with Gasteiger partial charge in [-0.1, -0.05) is 25.8 Å². The van der Waals surface area contributed by atoms with Crippen LogP contribution in [-0.2, 0) is 4.79 Å². The van der Waals surface area contributed by atoms with Crippen LogP contribution < -0.4 is 0 Å². The van der Waals surface area contributed by atoms with Gasteiger partial charge in [-0.15, -0.1) is 0 Å². The van der Waals surface area contributed by atoms with Gasteiger partial charge in [-0.05, 0) is 18.9 Å². The SMILES string of the molecule is CCCCC/C=C/C=O. The lowest BCUT2D eigenvalue weighted by molar-refractivity contribution is -0.104. The first-order chi connectivity index (χ1) is 4.41. The Bertz CT molecular complexity index is 84.6. The van der Waals surface area contributed by atoms with Gasteiger partial charge in [-0.25, -0.2) is 0 Å². The molecule has 0 fully saturated rings. The van der Waals surface area contributed by atoms with Crippen LogP contribution in [0.1, 0.15) is 32.6 Å². The summed E-state index contributed by atoms with van der Waals surface area (Å²) in [6.45, 7) is 2.17. The minimum Gasteiger partial charge on any atom is -0.299 e. The molecule has 0 aromatic heterocycles. The summed E-state index contributed by atoms with van der Waals surface area (Å²) < 4.78 is 0. The second-order valence-corrected chi connectivity index (χ2v) is 2.06. The predicted octanol–water partition coefficient (Wildman–Crippen LogP) is 2.32. The number of aldehydes is 1. The van der Waals surface area contributed by atoms with E-state index in [9.17, 15) is 4.79 Å². The Kier molecular flexibility index (Phi) is 6.92. The van der Waals surface area contributed by atoms with E-state index in [1.54, 1.807) is 6.08 Å². The second-order valence-electron chi connectivity index (χ2n) is 2.06. The molecule has 0 radical (unpaired) electrons. The van der Waals surface area contributed by atoms with E-state index >= 15 is 0 Å². The highest BCUT2D eigenvalue weighted by Gasteiger charge is 1.79. The Morgan fingerprint density at radius 3 is 2.67 bits per heavy atom. The van der Waals surface area contributed by atoms with Crippen molar-refractivity contribution in [2.45, 2.75) is 32.6 Å². The van der Waals surface area contributed by atoms with Crippen LogP contribution >= 0.6 is 0 Å². The van der Waals surface area contributed by atoms with E-state index < -0.39 is 0 Å². The molecule has 0 heterocycles. The molecule has 0 aromatic carbocycles. The van der Waals surface area contributed by atoms with Crippen molar-refractivity contribution in [1.29, 1.82) is 0 Å². The van der Waals surface area contributed by atoms with Crippen LogP contribution in [0.25, 0.3) is 0 Å². The smallest absolute Gasteiger partial charge is 0.142 e. The highest BCUT2D eigenvalue weighted by Crippen LogP contribution is 1.98.